The van der Waals surface area contributed by atoms with Crippen molar-refractivity contribution < 1.29 is 13.6 Å². The van der Waals surface area contributed by atoms with Gasteiger partial charge in [0.1, 0.15) is 0 Å². The van der Waals surface area contributed by atoms with Gasteiger partial charge >= 0.3 is 0 Å². The Morgan fingerprint density at radius 3 is 2.43 bits per heavy atom. The number of carbonyl (C=O) groups excluding carboxylic acids is 1. The fraction of sp³-hybridized carbons (Fsp3) is 0.318. The number of carbonyl (C=O) groups is 1. The molecule has 0 aromatic heterocycles. The third kappa shape index (κ3) is 3.64. The normalized spacial score (nSPS) is 19.7. The molecule has 2 saturated heterocycles. The summed E-state index contributed by atoms with van der Waals surface area (Å²) in [6.07, 6.45) is 2.52. The second-order valence-corrected chi connectivity index (χ2v) is 7.32. The van der Waals surface area contributed by atoms with Gasteiger partial charge in [-0.1, -0.05) is 18.2 Å². The molecule has 0 bridgehead atoms. The molecule has 2 aromatic carbocycles. The smallest absolute Gasteiger partial charge is 0.254 e. The summed E-state index contributed by atoms with van der Waals surface area (Å²) in [6.45, 7) is 4.38. The first-order valence-electron chi connectivity index (χ1n) is 9.53. The molecule has 1 amide bonds. The van der Waals surface area contributed by atoms with E-state index in [1.165, 1.54) is 11.0 Å². The molecule has 2 fully saturated rings. The van der Waals surface area contributed by atoms with E-state index in [-0.39, 0.29) is 5.91 Å². The molecule has 0 radical (unpaired) electrons. The SMILES string of the molecule is CN1CCN(c2ccccc2/C=C2\CCN(c3ccc(F)c(F)c3)C2=O)CC1. The second-order valence-electron chi connectivity index (χ2n) is 7.32. The standard InChI is InChI=1S/C22H23F2N3O/c1-25-10-12-26(13-11-25)21-5-3-2-4-16(21)14-17-8-9-27(22(17)28)18-6-7-19(23)20(24)15-18/h2-7,14-15H,8-13H2,1H3/b17-14+. The molecule has 146 valence electrons. The van der Waals surface area contributed by atoms with Gasteiger partial charge in [-0.15, -0.1) is 0 Å². The fourth-order valence-electron chi connectivity index (χ4n) is 3.78. The van der Waals surface area contributed by atoms with Gasteiger partial charge < -0.3 is 14.7 Å². The molecular weight excluding hydrogens is 360 g/mol. The molecule has 0 N–H and O–H groups in total. The summed E-state index contributed by atoms with van der Waals surface area (Å²) in [5, 5.41) is 0. The van der Waals surface area contributed by atoms with E-state index in [9.17, 15) is 13.6 Å². The maximum Gasteiger partial charge on any atom is 0.254 e. The number of para-hydroxylation sites is 1. The van der Waals surface area contributed by atoms with Crippen molar-refractivity contribution in [1.29, 1.82) is 0 Å². The summed E-state index contributed by atoms with van der Waals surface area (Å²) in [6, 6.07) is 11.7. The number of amides is 1. The van der Waals surface area contributed by atoms with Crippen molar-refractivity contribution in [3.8, 4) is 0 Å². The molecule has 2 heterocycles. The number of rotatable bonds is 3. The quantitative estimate of drug-likeness (QED) is 0.759. The molecule has 0 unspecified atom stereocenters. The lowest BCUT2D eigenvalue weighted by Crippen LogP contribution is -2.44. The van der Waals surface area contributed by atoms with E-state index in [0.29, 0.717) is 24.2 Å². The Morgan fingerprint density at radius 2 is 1.68 bits per heavy atom. The first kappa shape index (κ1) is 18.6. The number of hydrogen-bond donors (Lipinski definition) is 0. The molecule has 28 heavy (non-hydrogen) atoms. The minimum Gasteiger partial charge on any atom is -0.368 e. The van der Waals surface area contributed by atoms with Crippen molar-refractivity contribution in [2.75, 3.05) is 49.6 Å². The zero-order valence-electron chi connectivity index (χ0n) is 15.9. The highest BCUT2D eigenvalue weighted by Gasteiger charge is 2.28. The summed E-state index contributed by atoms with van der Waals surface area (Å²) in [5.41, 5.74) is 3.22. The highest BCUT2D eigenvalue weighted by molar-refractivity contribution is 6.11. The van der Waals surface area contributed by atoms with Crippen molar-refractivity contribution in [1.82, 2.24) is 4.90 Å². The largest absolute Gasteiger partial charge is 0.368 e. The zero-order chi connectivity index (χ0) is 19.7. The van der Waals surface area contributed by atoms with Gasteiger partial charge in [-0.25, -0.2) is 8.78 Å². The first-order valence-corrected chi connectivity index (χ1v) is 9.53. The van der Waals surface area contributed by atoms with E-state index >= 15 is 0 Å². The molecule has 2 aromatic rings. The van der Waals surface area contributed by atoms with E-state index < -0.39 is 11.6 Å². The van der Waals surface area contributed by atoms with Gasteiger partial charge in [-0.3, -0.25) is 4.79 Å². The summed E-state index contributed by atoms with van der Waals surface area (Å²) in [7, 11) is 2.12. The predicted molar refractivity (Wildman–Crippen MR) is 107 cm³/mol. The summed E-state index contributed by atoms with van der Waals surface area (Å²) < 4.78 is 26.7. The lowest BCUT2D eigenvalue weighted by molar-refractivity contribution is -0.114. The van der Waals surface area contributed by atoms with E-state index in [2.05, 4.69) is 22.9 Å². The Kier molecular flexibility index (Phi) is 5.13. The van der Waals surface area contributed by atoms with Crippen LogP contribution in [0.4, 0.5) is 20.2 Å². The van der Waals surface area contributed by atoms with E-state index in [1.54, 1.807) is 0 Å². The van der Waals surface area contributed by atoms with Crippen LogP contribution < -0.4 is 9.80 Å². The van der Waals surface area contributed by atoms with E-state index in [1.807, 2.05) is 24.3 Å². The number of halogens is 2. The van der Waals surface area contributed by atoms with Crippen LogP contribution in [0.15, 0.2) is 48.0 Å². The topological polar surface area (TPSA) is 26.8 Å². The maximum absolute atomic E-state index is 13.6. The van der Waals surface area contributed by atoms with Crippen LogP contribution in [0.5, 0.6) is 0 Å². The van der Waals surface area contributed by atoms with Crippen molar-refractivity contribution in [3.63, 3.8) is 0 Å². The molecule has 4 nitrogen and oxygen atoms in total. The minimum atomic E-state index is -0.942. The summed E-state index contributed by atoms with van der Waals surface area (Å²) in [4.78, 5) is 19.0. The Morgan fingerprint density at radius 1 is 0.929 bits per heavy atom. The number of nitrogens with zero attached hydrogens (tertiary/aromatic N) is 3. The second kappa shape index (κ2) is 7.72. The minimum absolute atomic E-state index is 0.154. The number of anilines is 2. The molecule has 0 atom stereocenters. The van der Waals surface area contributed by atoms with Gasteiger partial charge in [-0.2, -0.15) is 0 Å². The number of likely N-dealkylation sites (N-methyl/N-ethyl adjacent to an activating group) is 1. The third-order valence-electron chi connectivity index (χ3n) is 5.45. The number of hydrogen-bond acceptors (Lipinski definition) is 3. The van der Waals surface area contributed by atoms with Crippen molar-refractivity contribution in [2.45, 2.75) is 6.42 Å². The van der Waals surface area contributed by atoms with Crippen LogP contribution in [0.2, 0.25) is 0 Å². The monoisotopic (exact) mass is 383 g/mol. The van der Waals surface area contributed by atoms with Crippen molar-refractivity contribution in [2.24, 2.45) is 0 Å². The number of benzene rings is 2. The first-order chi connectivity index (χ1) is 13.5. The zero-order valence-corrected chi connectivity index (χ0v) is 15.9. The summed E-state index contributed by atoms with van der Waals surface area (Å²) in [5.74, 6) is -2.01. The van der Waals surface area contributed by atoms with Crippen LogP contribution in [-0.4, -0.2) is 50.6 Å². The van der Waals surface area contributed by atoms with Gasteiger partial charge in [0, 0.05) is 55.7 Å². The average Bonchev–Trinajstić information content (AvgIpc) is 3.06. The summed E-state index contributed by atoms with van der Waals surface area (Å²) >= 11 is 0. The lowest BCUT2D eigenvalue weighted by atomic mass is 10.1. The molecule has 4 rings (SSSR count). The molecule has 0 aliphatic carbocycles. The van der Waals surface area contributed by atoms with E-state index in [4.69, 9.17) is 0 Å². The fourth-order valence-corrected chi connectivity index (χ4v) is 3.78. The number of piperazine rings is 1. The molecule has 2 aliphatic heterocycles. The third-order valence-corrected chi connectivity index (χ3v) is 5.45. The van der Waals surface area contributed by atoms with Crippen molar-refractivity contribution in [3.05, 3.63) is 65.2 Å². The van der Waals surface area contributed by atoms with Gasteiger partial charge in [0.25, 0.3) is 5.91 Å². The Hall–Kier alpha value is -2.73. The van der Waals surface area contributed by atoms with Crippen LogP contribution in [0, 0.1) is 11.6 Å². The van der Waals surface area contributed by atoms with Gasteiger partial charge in [-0.05, 0) is 43.3 Å². The van der Waals surface area contributed by atoms with Crippen LogP contribution in [0.1, 0.15) is 12.0 Å². The Bertz CT molecular complexity index is 920. The van der Waals surface area contributed by atoms with Crippen LogP contribution in [0.25, 0.3) is 6.08 Å². The van der Waals surface area contributed by atoms with Crippen LogP contribution >= 0.6 is 0 Å². The molecular formula is C22H23F2N3O. The van der Waals surface area contributed by atoms with E-state index in [0.717, 1.165) is 49.6 Å². The van der Waals surface area contributed by atoms with Gasteiger partial charge in [0.05, 0.1) is 0 Å². The van der Waals surface area contributed by atoms with Crippen molar-refractivity contribution >= 4 is 23.4 Å². The van der Waals surface area contributed by atoms with Crippen LogP contribution in [-0.2, 0) is 4.79 Å². The van der Waals surface area contributed by atoms with Gasteiger partial charge in [0.15, 0.2) is 11.6 Å². The lowest BCUT2D eigenvalue weighted by Gasteiger charge is -2.35. The Balaban J connectivity index is 1.58. The Labute approximate surface area is 163 Å². The maximum atomic E-state index is 13.6. The highest BCUT2D eigenvalue weighted by Crippen LogP contribution is 2.30. The average molecular weight is 383 g/mol. The molecule has 2 aliphatic rings. The highest BCUT2D eigenvalue weighted by atomic mass is 19.2. The molecule has 0 saturated carbocycles. The predicted octanol–water partition coefficient (Wildman–Crippen LogP) is 3.54. The molecule has 0 spiro atoms. The molecule has 6 heteroatoms. The van der Waals surface area contributed by atoms with Gasteiger partial charge in [0.2, 0.25) is 0 Å². The van der Waals surface area contributed by atoms with Crippen LogP contribution in [0.3, 0.4) is 0 Å².